The number of nitrogens with zero attached hydrogens (tertiary/aromatic N) is 2. The topological polar surface area (TPSA) is 72.0 Å². The van der Waals surface area contributed by atoms with Gasteiger partial charge in [0.1, 0.15) is 16.5 Å². The van der Waals surface area contributed by atoms with Crippen LogP contribution >= 0.6 is 23.2 Å². The molecule has 0 saturated heterocycles. The molecule has 5 nitrogen and oxygen atoms in total. The highest BCUT2D eigenvalue weighted by Gasteiger charge is 2.20. The maximum atomic E-state index is 13.6. The molecule has 1 heterocycles. The van der Waals surface area contributed by atoms with E-state index in [1.54, 1.807) is 0 Å². The Balaban J connectivity index is 2.38. The van der Waals surface area contributed by atoms with Gasteiger partial charge in [0.2, 0.25) is 5.28 Å². The predicted molar refractivity (Wildman–Crippen MR) is 69.3 cm³/mol. The van der Waals surface area contributed by atoms with Crippen LogP contribution in [-0.2, 0) is 10.0 Å². The van der Waals surface area contributed by atoms with Crippen LogP contribution in [0.2, 0.25) is 10.3 Å². The Hall–Kier alpha value is -1.44. The number of hydrogen-bond acceptors (Lipinski definition) is 4. The highest BCUT2D eigenvalue weighted by atomic mass is 35.5. The number of anilines is 1. The largest absolute Gasteiger partial charge is 0.265 e. The lowest BCUT2D eigenvalue weighted by Crippen LogP contribution is -2.15. The summed E-state index contributed by atoms with van der Waals surface area (Å²) in [5.74, 6) is -1.02. The van der Waals surface area contributed by atoms with Crippen LogP contribution in [-0.4, -0.2) is 18.4 Å². The number of halogens is 3. The van der Waals surface area contributed by atoms with E-state index in [0.29, 0.717) is 0 Å². The summed E-state index contributed by atoms with van der Waals surface area (Å²) in [5.41, 5.74) is 0. The van der Waals surface area contributed by atoms with Gasteiger partial charge in [0.15, 0.2) is 0 Å². The van der Waals surface area contributed by atoms with Gasteiger partial charge in [0.05, 0.1) is 0 Å². The van der Waals surface area contributed by atoms with Crippen molar-refractivity contribution in [2.24, 2.45) is 0 Å². The van der Waals surface area contributed by atoms with Crippen LogP contribution in [0.25, 0.3) is 0 Å². The van der Waals surface area contributed by atoms with E-state index in [4.69, 9.17) is 23.2 Å². The van der Waals surface area contributed by atoms with Crippen molar-refractivity contribution in [3.8, 4) is 0 Å². The summed E-state index contributed by atoms with van der Waals surface area (Å²) < 4.78 is 39.5. The van der Waals surface area contributed by atoms with Gasteiger partial charge in [-0.3, -0.25) is 4.72 Å². The van der Waals surface area contributed by atoms with E-state index in [1.165, 1.54) is 18.3 Å². The summed E-state index contributed by atoms with van der Waals surface area (Å²) in [6.45, 7) is 0. The third-order valence-corrected chi connectivity index (χ3v) is 3.85. The second-order valence-corrected chi connectivity index (χ2v) is 5.82. The Morgan fingerprint density at radius 2 is 1.95 bits per heavy atom. The predicted octanol–water partition coefficient (Wildman–Crippen LogP) is 2.72. The fourth-order valence-electron chi connectivity index (χ4n) is 1.28. The Labute approximate surface area is 118 Å². The normalized spacial score (nSPS) is 11.3. The summed E-state index contributed by atoms with van der Waals surface area (Å²) in [4.78, 5) is 6.71. The number of aromatic nitrogens is 2. The van der Waals surface area contributed by atoms with Crippen molar-refractivity contribution in [1.29, 1.82) is 0 Å². The molecule has 2 rings (SSSR count). The Kier molecular flexibility index (Phi) is 3.88. The molecule has 0 atom stereocenters. The molecule has 1 aromatic heterocycles. The summed E-state index contributed by atoms with van der Waals surface area (Å²) >= 11 is 11.1. The first-order valence-corrected chi connectivity index (χ1v) is 7.09. The van der Waals surface area contributed by atoms with Crippen molar-refractivity contribution in [1.82, 2.24) is 9.97 Å². The van der Waals surface area contributed by atoms with Crippen LogP contribution in [0.15, 0.2) is 35.4 Å². The lowest BCUT2D eigenvalue weighted by Gasteiger charge is -2.08. The van der Waals surface area contributed by atoms with E-state index in [9.17, 15) is 12.8 Å². The van der Waals surface area contributed by atoms with E-state index in [1.807, 2.05) is 0 Å². The smallest absolute Gasteiger partial charge is 0.263 e. The van der Waals surface area contributed by atoms with E-state index in [2.05, 4.69) is 14.7 Å². The van der Waals surface area contributed by atoms with Gasteiger partial charge in [0, 0.05) is 11.2 Å². The van der Waals surface area contributed by atoms with Crippen LogP contribution in [0, 0.1) is 5.82 Å². The lowest BCUT2D eigenvalue weighted by atomic mass is 10.3. The molecule has 1 aromatic carbocycles. The number of benzene rings is 1. The van der Waals surface area contributed by atoms with Gasteiger partial charge < -0.3 is 0 Å². The second-order valence-electron chi connectivity index (χ2n) is 3.39. The van der Waals surface area contributed by atoms with Crippen molar-refractivity contribution in [3.05, 3.63) is 46.6 Å². The van der Waals surface area contributed by atoms with Crippen LogP contribution < -0.4 is 4.72 Å². The summed E-state index contributed by atoms with van der Waals surface area (Å²) in [6.07, 6.45) is 1.27. The number of hydrogen-bond donors (Lipinski definition) is 1. The van der Waals surface area contributed by atoms with E-state index < -0.39 is 20.7 Å². The third kappa shape index (κ3) is 3.31. The zero-order valence-corrected chi connectivity index (χ0v) is 11.5. The standard InChI is InChI=1S/C10H6Cl2FN3O2S/c11-6-1-2-8(7(13)5-6)19(17,18)16-9-3-4-14-10(12)15-9/h1-5H,(H,14,15,16). The molecule has 0 aliphatic carbocycles. The van der Waals surface area contributed by atoms with Gasteiger partial charge in [-0.1, -0.05) is 11.6 Å². The molecule has 0 bridgehead atoms. The number of nitrogens with one attached hydrogen (secondary N) is 1. The molecule has 0 fully saturated rings. The highest BCUT2D eigenvalue weighted by Crippen LogP contribution is 2.21. The summed E-state index contributed by atoms with van der Waals surface area (Å²) in [6, 6.07) is 4.52. The van der Waals surface area contributed by atoms with E-state index in [-0.39, 0.29) is 16.1 Å². The Morgan fingerprint density at radius 3 is 2.58 bits per heavy atom. The van der Waals surface area contributed by atoms with E-state index >= 15 is 0 Å². The van der Waals surface area contributed by atoms with Crippen LogP contribution in [0.1, 0.15) is 0 Å². The van der Waals surface area contributed by atoms with Crippen LogP contribution in [0.4, 0.5) is 10.2 Å². The molecule has 0 radical (unpaired) electrons. The average Bonchev–Trinajstić information content (AvgIpc) is 2.27. The van der Waals surface area contributed by atoms with Crippen LogP contribution in [0.5, 0.6) is 0 Å². The first kappa shape index (κ1) is 14.0. The minimum atomic E-state index is -4.11. The second kappa shape index (κ2) is 5.28. The number of sulfonamides is 1. The Morgan fingerprint density at radius 1 is 1.21 bits per heavy atom. The molecule has 1 N–H and O–H groups in total. The van der Waals surface area contributed by atoms with Crippen molar-refractivity contribution >= 4 is 39.0 Å². The summed E-state index contributed by atoms with van der Waals surface area (Å²) in [7, 11) is -4.11. The van der Waals surface area contributed by atoms with Crippen molar-refractivity contribution in [2.75, 3.05) is 4.72 Å². The van der Waals surface area contributed by atoms with Crippen molar-refractivity contribution < 1.29 is 12.8 Å². The first-order chi connectivity index (χ1) is 8.88. The van der Waals surface area contributed by atoms with Gasteiger partial charge in [-0.25, -0.2) is 17.8 Å². The quantitative estimate of drug-likeness (QED) is 0.882. The molecular formula is C10H6Cl2FN3O2S. The Bertz CT molecular complexity index is 724. The van der Waals surface area contributed by atoms with Gasteiger partial charge in [-0.15, -0.1) is 0 Å². The molecule has 19 heavy (non-hydrogen) atoms. The van der Waals surface area contributed by atoms with Gasteiger partial charge in [0.25, 0.3) is 10.0 Å². The fraction of sp³-hybridized carbons (Fsp3) is 0. The first-order valence-electron chi connectivity index (χ1n) is 4.85. The molecular weight excluding hydrogens is 316 g/mol. The zero-order chi connectivity index (χ0) is 14.0. The van der Waals surface area contributed by atoms with Crippen molar-refractivity contribution in [2.45, 2.75) is 4.90 Å². The minimum Gasteiger partial charge on any atom is -0.263 e. The van der Waals surface area contributed by atoms with Gasteiger partial charge in [-0.2, -0.15) is 4.98 Å². The van der Waals surface area contributed by atoms with Gasteiger partial charge in [-0.05, 0) is 35.9 Å². The monoisotopic (exact) mass is 321 g/mol. The molecule has 0 amide bonds. The number of rotatable bonds is 3. The molecule has 100 valence electrons. The molecule has 0 spiro atoms. The molecule has 9 heteroatoms. The highest BCUT2D eigenvalue weighted by molar-refractivity contribution is 7.92. The third-order valence-electron chi connectivity index (χ3n) is 2.05. The van der Waals surface area contributed by atoms with Gasteiger partial charge >= 0.3 is 0 Å². The SMILES string of the molecule is O=S(=O)(Nc1ccnc(Cl)n1)c1ccc(Cl)cc1F. The molecule has 2 aromatic rings. The van der Waals surface area contributed by atoms with E-state index in [0.717, 1.165) is 12.1 Å². The average molecular weight is 322 g/mol. The van der Waals surface area contributed by atoms with Crippen molar-refractivity contribution in [3.63, 3.8) is 0 Å². The molecule has 0 aliphatic heterocycles. The minimum absolute atomic E-state index is 0.0608. The summed E-state index contributed by atoms with van der Waals surface area (Å²) in [5, 5.41) is -0.0293. The lowest BCUT2D eigenvalue weighted by molar-refractivity contribution is 0.570. The maximum absolute atomic E-state index is 13.6. The maximum Gasteiger partial charge on any atom is 0.265 e. The zero-order valence-electron chi connectivity index (χ0n) is 9.14. The van der Waals surface area contributed by atoms with Crippen LogP contribution in [0.3, 0.4) is 0 Å². The molecule has 0 saturated carbocycles. The molecule has 0 unspecified atom stereocenters. The fourth-order valence-corrected chi connectivity index (χ4v) is 2.65. The molecule has 0 aliphatic rings.